The number of nitrogens with one attached hydrogen (secondary N) is 2. The van der Waals surface area contributed by atoms with Gasteiger partial charge in [0.2, 0.25) is 0 Å². The van der Waals surface area contributed by atoms with Gasteiger partial charge in [0, 0.05) is 16.8 Å². The normalized spacial score (nSPS) is 13.0. The molecule has 0 unspecified atom stereocenters. The molecule has 0 saturated heterocycles. The zero-order valence-corrected chi connectivity index (χ0v) is 13.5. The summed E-state index contributed by atoms with van der Waals surface area (Å²) in [4.78, 5) is 12.6. The number of benzene rings is 2. The standard InChI is InChI=1S/C19H14F3N3O/c20-19(21,22)12-5-3-6-13(10-12)23-18(26)17-15-9-8-11-4-1-2-7-14(11)16(15)24-25-17/h1-7,10H,8-9H2,(H,23,26)(H,24,25). The molecule has 0 saturated carbocycles. The Balaban J connectivity index is 1.63. The predicted molar refractivity (Wildman–Crippen MR) is 90.8 cm³/mol. The first-order valence-corrected chi connectivity index (χ1v) is 8.07. The molecule has 1 amide bonds. The number of halogens is 3. The van der Waals surface area contributed by atoms with Crippen LogP contribution >= 0.6 is 0 Å². The van der Waals surface area contributed by atoms with Gasteiger partial charge >= 0.3 is 6.18 Å². The minimum absolute atomic E-state index is 0.0874. The first-order chi connectivity index (χ1) is 12.4. The molecule has 4 rings (SSSR count). The molecule has 7 heteroatoms. The highest BCUT2D eigenvalue weighted by atomic mass is 19.4. The van der Waals surface area contributed by atoms with Crippen molar-refractivity contribution in [3.63, 3.8) is 0 Å². The molecule has 1 aliphatic rings. The number of hydrogen-bond donors (Lipinski definition) is 2. The highest BCUT2D eigenvalue weighted by molar-refractivity contribution is 6.05. The Hall–Kier alpha value is -3.09. The zero-order chi connectivity index (χ0) is 18.3. The maximum atomic E-state index is 12.8. The molecule has 2 aromatic carbocycles. The fourth-order valence-corrected chi connectivity index (χ4v) is 3.22. The summed E-state index contributed by atoms with van der Waals surface area (Å²) in [6.07, 6.45) is -3.03. The monoisotopic (exact) mass is 357 g/mol. The number of nitrogens with zero attached hydrogens (tertiary/aromatic N) is 1. The molecule has 4 nitrogen and oxygen atoms in total. The topological polar surface area (TPSA) is 57.8 Å². The quantitative estimate of drug-likeness (QED) is 0.712. The molecule has 1 aliphatic carbocycles. The number of aromatic amines is 1. The van der Waals surface area contributed by atoms with Gasteiger partial charge in [0.15, 0.2) is 0 Å². The molecule has 0 spiro atoms. The van der Waals surface area contributed by atoms with Crippen LogP contribution in [-0.2, 0) is 19.0 Å². The molecule has 26 heavy (non-hydrogen) atoms. The molecule has 1 heterocycles. The molecule has 132 valence electrons. The van der Waals surface area contributed by atoms with Crippen molar-refractivity contribution in [3.05, 3.63) is 70.9 Å². The van der Waals surface area contributed by atoms with E-state index in [9.17, 15) is 18.0 Å². The van der Waals surface area contributed by atoms with Crippen molar-refractivity contribution in [2.24, 2.45) is 0 Å². The third-order valence-electron chi connectivity index (χ3n) is 4.46. The molecular formula is C19H14F3N3O. The van der Waals surface area contributed by atoms with Crippen molar-refractivity contribution in [2.45, 2.75) is 19.0 Å². The summed E-state index contributed by atoms with van der Waals surface area (Å²) in [5.41, 5.74) is 3.21. The fourth-order valence-electron chi connectivity index (χ4n) is 3.22. The minimum atomic E-state index is -4.46. The predicted octanol–water partition coefficient (Wildman–Crippen LogP) is 4.45. The number of carbonyl (C=O) groups excluding carboxylic acids is 1. The number of alkyl halides is 3. The van der Waals surface area contributed by atoms with E-state index < -0.39 is 17.6 Å². The number of carbonyl (C=O) groups is 1. The maximum absolute atomic E-state index is 12.8. The Kier molecular flexibility index (Phi) is 3.79. The average molecular weight is 357 g/mol. The van der Waals surface area contributed by atoms with E-state index in [1.165, 1.54) is 12.1 Å². The highest BCUT2D eigenvalue weighted by Gasteiger charge is 2.31. The number of aryl methyl sites for hydroxylation is 1. The molecule has 2 N–H and O–H groups in total. The second kappa shape index (κ2) is 6.01. The first kappa shape index (κ1) is 16.4. The lowest BCUT2D eigenvalue weighted by Gasteiger charge is -2.15. The lowest BCUT2D eigenvalue weighted by Crippen LogP contribution is -2.16. The van der Waals surface area contributed by atoms with E-state index in [2.05, 4.69) is 15.5 Å². The van der Waals surface area contributed by atoms with Crippen LogP contribution in [0.3, 0.4) is 0 Å². The van der Waals surface area contributed by atoms with E-state index in [1.807, 2.05) is 24.3 Å². The SMILES string of the molecule is O=C(Nc1cccc(C(F)(F)F)c1)c1[nH]nc2c1CCc1ccccc1-2. The summed E-state index contributed by atoms with van der Waals surface area (Å²) in [6.45, 7) is 0. The van der Waals surface area contributed by atoms with Crippen LogP contribution in [0.15, 0.2) is 48.5 Å². The molecule has 0 atom stereocenters. The number of rotatable bonds is 2. The maximum Gasteiger partial charge on any atom is 0.416 e. The summed E-state index contributed by atoms with van der Waals surface area (Å²) < 4.78 is 38.4. The second-order valence-electron chi connectivity index (χ2n) is 6.12. The van der Waals surface area contributed by atoms with Crippen molar-refractivity contribution in [2.75, 3.05) is 5.32 Å². The van der Waals surface area contributed by atoms with E-state index in [4.69, 9.17) is 0 Å². The number of hydrogen-bond acceptors (Lipinski definition) is 2. The largest absolute Gasteiger partial charge is 0.416 e. The van der Waals surface area contributed by atoms with Crippen molar-refractivity contribution < 1.29 is 18.0 Å². The zero-order valence-electron chi connectivity index (χ0n) is 13.5. The van der Waals surface area contributed by atoms with E-state index in [1.54, 1.807) is 0 Å². The van der Waals surface area contributed by atoms with Crippen LogP contribution in [0.25, 0.3) is 11.3 Å². The average Bonchev–Trinajstić information content (AvgIpc) is 3.06. The molecule has 0 aliphatic heterocycles. The van der Waals surface area contributed by atoms with Gasteiger partial charge in [0.25, 0.3) is 5.91 Å². The van der Waals surface area contributed by atoms with Crippen molar-refractivity contribution >= 4 is 11.6 Å². The van der Waals surface area contributed by atoms with Crippen LogP contribution < -0.4 is 5.32 Å². The summed E-state index contributed by atoms with van der Waals surface area (Å²) >= 11 is 0. The molecule has 0 fully saturated rings. The molecule has 0 radical (unpaired) electrons. The van der Waals surface area contributed by atoms with Crippen LogP contribution in [0, 0.1) is 0 Å². The van der Waals surface area contributed by atoms with Crippen LogP contribution in [0.5, 0.6) is 0 Å². The van der Waals surface area contributed by atoms with Gasteiger partial charge in [-0.25, -0.2) is 0 Å². The lowest BCUT2D eigenvalue weighted by atomic mass is 9.89. The van der Waals surface area contributed by atoms with Gasteiger partial charge in [-0.05, 0) is 36.6 Å². The smallest absolute Gasteiger partial charge is 0.321 e. The van der Waals surface area contributed by atoms with E-state index in [0.717, 1.165) is 40.9 Å². The van der Waals surface area contributed by atoms with Crippen LogP contribution in [0.1, 0.15) is 27.2 Å². The molecule has 3 aromatic rings. The fraction of sp³-hybridized carbons (Fsp3) is 0.158. The van der Waals surface area contributed by atoms with Gasteiger partial charge in [-0.15, -0.1) is 0 Å². The van der Waals surface area contributed by atoms with E-state index in [0.29, 0.717) is 6.42 Å². The van der Waals surface area contributed by atoms with Gasteiger partial charge in [0.1, 0.15) is 5.69 Å². The summed E-state index contributed by atoms with van der Waals surface area (Å²) in [5, 5.41) is 9.51. The Labute approximate surface area is 147 Å². The summed E-state index contributed by atoms with van der Waals surface area (Å²) in [5.74, 6) is -0.502. The van der Waals surface area contributed by atoms with Gasteiger partial charge in [-0.2, -0.15) is 18.3 Å². The lowest BCUT2D eigenvalue weighted by molar-refractivity contribution is -0.137. The minimum Gasteiger partial charge on any atom is -0.321 e. The summed E-state index contributed by atoms with van der Waals surface area (Å²) in [7, 11) is 0. The Morgan fingerprint density at radius 3 is 2.69 bits per heavy atom. The van der Waals surface area contributed by atoms with Gasteiger partial charge in [0.05, 0.1) is 11.3 Å². The number of aromatic nitrogens is 2. The highest BCUT2D eigenvalue weighted by Crippen LogP contribution is 2.34. The van der Waals surface area contributed by atoms with Gasteiger partial charge < -0.3 is 5.32 Å². The van der Waals surface area contributed by atoms with Crippen molar-refractivity contribution in [3.8, 4) is 11.3 Å². The third-order valence-corrected chi connectivity index (χ3v) is 4.46. The molecule has 1 aromatic heterocycles. The Bertz CT molecular complexity index is 992. The number of H-pyrrole nitrogens is 1. The van der Waals surface area contributed by atoms with Crippen molar-refractivity contribution in [1.29, 1.82) is 0 Å². The van der Waals surface area contributed by atoms with Gasteiger partial charge in [-0.3, -0.25) is 9.89 Å². The Morgan fingerprint density at radius 2 is 1.88 bits per heavy atom. The summed E-state index contributed by atoms with van der Waals surface area (Å²) in [6, 6.07) is 12.4. The van der Waals surface area contributed by atoms with Crippen LogP contribution in [-0.4, -0.2) is 16.1 Å². The second-order valence-corrected chi connectivity index (χ2v) is 6.12. The van der Waals surface area contributed by atoms with Gasteiger partial charge in [-0.1, -0.05) is 30.3 Å². The number of fused-ring (bicyclic) bond motifs is 3. The van der Waals surface area contributed by atoms with Crippen molar-refractivity contribution in [1.82, 2.24) is 10.2 Å². The Morgan fingerprint density at radius 1 is 1.08 bits per heavy atom. The number of amides is 1. The van der Waals surface area contributed by atoms with E-state index in [-0.39, 0.29) is 11.4 Å². The molecular weight excluding hydrogens is 343 g/mol. The molecule has 0 bridgehead atoms. The van der Waals surface area contributed by atoms with E-state index >= 15 is 0 Å². The first-order valence-electron chi connectivity index (χ1n) is 8.07. The number of anilines is 1. The van der Waals surface area contributed by atoms with Crippen LogP contribution in [0.2, 0.25) is 0 Å². The third kappa shape index (κ3) is 2.85. The van der Waals surface area contributed by atoms with Crippen LogP contribution in [0.4, 0.5) is 18.9 Å².